The molecule has 176 valence electrons. The Hall–Kier alpha value is -3.76. The Morgan fingerprint density at radius 2 is 2.00 bits per heavy atom. The number of aromatic nitrogens is 4. The van der Waals surface area contributed by atoms with Crippen LogP contribution in [0.3, 0.4) is 0 Å². The maximum Gasteiger partial charge on any atom is 0.291 e. The molecular weight excluding hydrogens is 468 g/mol. The van der Waals surface area contributed by atoms with E-state index in [4.69, 9.17) is 16.3 Å². The highest BCUT2D eigenvalue weighted by atomic mass is 35.5. The zero-order chi connectivity index (χ0) is 24.4. The Labute approximate surface area is 198 Å². The highest BCUT2D eigenvalue weighted by molar-refractivity contribution is 6.29. The molecule has 0 spiro atoms. The van der Waals surface area contributed by atoms with Crippen molar-refractivity contribution in [3.8, 4) is 11.4 Å². The zero-order valence-corrected chi connectivity index (χ0v) is 18.9. The number of benzene rings is 2. The average Bonchev–Trinajstić information content (AvgIpc) is 3.24. The van der Waals surface area contributed by atoms with Crippen LogP contribution in [0.5, 0.6) is 5.75 Å². The minimum Gasteiger partial charge on any atom is -0.494 e. The van der Waals surface area contributed by atoms with Crippen LogP contribution in [0.4, 0.5) is 20.2 Å². The van der Waals surface area contributed by atoms with Crippen LogP contribution < -0.4 is 15.6 Å². The molecule has 0 aliphatic carbocycles. The SMILES string of the molecule is COc1cc(Nc2cc(Cl)nn([C@@H](CO)c3ccc(F)cc3F)c2=O)ccc1-n1cnc(C)c1. The number of nitrogens with one attached hydrogen (secondary N) is 1. The topological polar surface area (TPSA) is 94.2 Å². The highest BCUT2D eigenvalue weighted by Crippen LogP contribution is 2.29. The summed E-state index contributed by atoms with van der Waals surface area (Å²) in [7, 11) is 1.52. The summed E-state index contributed by atoms with van der Waals surface area (Å²) >= 11 is 6.13. The van der Waals surface area contributed by atoms with E-state index in [0.29, 0.717) is 17.5 Å². The standard InChI is InChI=1S/C23H20ClF2N5O3/c1-13-10-30(12-27-13)19-6-4-15(8-21(19)34-2)28-18-9-22(24)29-31(23(18)33)20(11-32)16-5-3-14(25)7-17(16)26/h3-10,12,20,28,32H,11H2,1-2H3/t20-/m0/s1. The summed E-state index contributed by atoms with van der Waals surface area (Å²) in [5.74, 6) is -1.18. The lowest BCUT2D eigenvalue weighted by molar-refractivity contribution is 0.234. The predicted molar refractivity (Wildman–Crippen MR) is 123 cm³/mol. The lowest BCUT2D eigenvalue weighted by Crippen LogP contribution is -2.32. The lowest BCUT2D eigenvalue weighted by Gasteiger charge is -2.19. The van der Waals surface area contributed by atoms with Crippen molar-refractivity contribution in [1.29, 1.82) is 0 Å². The fraction of sp³-hybridized carbons (Fsp3) is 0.174. The summed E-state index contributed by atoms with van der Waals surface area (Å²) in [4.78, 5) is 17.4. The van der Waals surface area contributed by atoms with Gasteiger partial charge in [-0.05, 0) is 25.1 Å². The van der Waals surface area contributed by atoms with Crippen LogP contribution in [0.15, 0.2) is 59.8 Å². The number of halogens is 3. The molecule has 2 aromatic carbocycles. The first-order chi connectivity index (χ1) is 16.3. The molecule has 2 aromatic heterocycles. The molecule has 0 aliphatic heterocycles. The minimum atomic E-state index is -1.21. The number of hydrogen-bond acceptors (Lipinski definition) is 6. The van der Waals surface area contributed by atoms with Crippen LogP contribution in [0.1, 0.15) is 17.3 Å². The van der Waals surface area contributed by atoms with Crippen molar-refractivity contribution in [1.82, 2.24) is 19.3 Å². The molecule has 0 radical (unpaired) electrons. The van der Waals surface area contributed by atoms with Crippen LogP contribution in [0, 0.1) is 18.6 Å². The number of aryl methyl sites for hydroxylation is 1. The molecule has 0 bridgehead atoms. The number of anilines is 2. The van der Waals surface area contributed by atoms with Crippen molar-refractivity contribution in [3.63, 3.8) is 0 Å². The van der Waals surface area contributed by atoms with Crippen molar-refractivity contribution >= 4 is 23.0 Å². The quantitative estimate of drug-likeness (QED) is 0.409. The first kappa shape index (κ1) is 23.4. The molecule has 11 heteroatoms. The second kappa shape index (κ2) is 9.62. The third-order valence-electron chi connectivity index (χ3n) is 5.14. The van der Waals surface area contributed by atoms with Gasteiger partial charge in [0.2, 0.25) is 0 Å². The largest absolute Gasteiger partial charge is 0.494 e. The number of rotatable bonds is 7. The van der Waals surface area contributed by atoms with Crippen LogP contribution >= 0.6 is 11.6 Å². The Bertz CT molecular complexity index is 1410. The predicted octanol–water partition coefficient (Wildman–Crippen LogP) is 4.00. The average molecular weight is 488 g/mol. The third kappa shape index (κ3) is 4.63. The van der Waals surface area contributed by atoms with Gasteiger partial charge >= 0.3 is 0 Å². The molecule has 0 amide bonds. The van der Waals surface area contributed by atoms with Crippen LogP contribution in [0.2, 0.25) is 5.15 Å². The minimum absolute atomic E-state index is 0.0363. The maximum absolute atomic E-state index is 14.4. The van der Waals surface area contributed by atoms with Crippen LogP contribution in [-0.2, 0) is 0 Å². The molecule has 0 saturated carbocycles. The third-order valence-corrected chi connectivity index (χ3v) is 5.33. The number of nitrogens with zero attached hydrogens (tertiary/aromatic N) is 4. The van der Waals surface area contributed by atoms with Crippen LogP contribution in [0.25, 0.3) is 5.69 Å². The molecule has 34 heavy (non-hydrogen) atoms. The molecule has 0 unspecified atom stereocenters. The van der Waals surface area contributed by atoms with E-state index < -0.39 is 29.8 Å². The Morgan fingerprint density at radius 1 is 1.21 bits per heavy atom. The lowest BCUT2D eigenvalue weighted by atomic mass is 10.1. The molecule has 4 aromatic rings. The molecule has 2 heterocycles. The zero-order valence-electron chi connectivity index (χ0n) is 18.2. The van der Waals surface area contributed by atoms with E-state index in [0.717, 1.165) is 28.2 Å². The van der Waals surface area contributed by atoms with Gasteiger partial charge in [-0.1, -0.05) is 17.7 Å². The van der Waals surface area contributed by atoms with Crippen molar-refractivity contribution < 1.29 is 18.6 Å². The molecule has 0 aliphatic rings. The molecule has 8 nitrogen and oxygen atoms in total. The van der Waals surface area contributed by atoms with Gasteiger partial charge in [0.15, 0.2) is 5.15 Å². The smallest absolute Gasteiger partial charge is 0.291 e. The van der Waals surface area contributed by atoms with Crippen molar-refractivity contribution in [2.45, 2.75) is 13.0 Å². The van der Waals surface area contributed by atoms with Gasteiger partial charge in [0.05, 0.1) is 31.4 Å². The number of ether oxygens (including phenoxy) is 1. The normalized spacial score (nSPS) is 11.9. The van der Waals surface area contributed by atoms with E-state index in [-0.39, 0.29) is 16.4 Å². The Morgan fingerprint density at radius 3 is 2.65 bits per heavy atom. The van der Waals surface area contributed by atoms with Gasteiger partial charge in [0.25, 0.3) is 5.56 Å². The fourth-order valence-electron chi connectivity index (χ4n) is 3.54. The van der Waals surface area contributed by atoms with Crippen molar-refractivity contribution in [3.05, 3.63) is 93.4 Å². The van der Waals surface area contributed by atoms with Gasteiger partial charge in [-0.3, -0.25) is 4.79 Å². The summed E-state index contributed by atoms with van der Waals surface area (Å²) < 4.78 is 35.8. The Kier molecular flexibility index (Phi) is 6.62. The molecular formula is C23H20ClF2N5O3. The fourth-order valence-corrected chi connectivity index (χ4v) is 3.73. The number of methoxy groups -OCH3 is 1. The molecule has 4 rings (SSSR count). The first-order valence-corrected chi connectivity index (χ1v) is 10.5. The summed E-state index contributed by atoms with van der Waals surface area (Å²) in [6.07, 6.45) is 3.50. The number of imidazole rings is 1. The summed E-state index contributed by atoms with van der Waals surface area (Å²) in [6, 6.07) is 8.15. The number of aliphatic hydroxyl groups is 1. The van der Waals surface area contributed by atoms with E-state index >= 15 is 0 Å². The number of aliphatic hydroxyl groups excluding tert-OH is 1. The van der Waals surface area contributed by atoms with E-state index in [1.807, 2.05) is 13.1 Å². The van der Waals surface area contributed by atoms with E-state index in [1.165, 1.54) is 13.2 Å². The van der Waals surface area contributed by atoms with E-state index in [9.17, 15) is 18.7 Å². The molecule has 0 saturated heterocycles. The summed E-state index contributed by atoms with van der Waals surface area (Å²) in [5, 5.41) is 16.7. The Balaban J connectivity index is 1.72. The monoisotopic (exact) mass is 487 g/mol. The second-order valence-corrected chi connectivity index (χ2v) is 7.82. The van der Waals surface area contributed by atoms with Crippen molar-refractivity contribution in [2.24, 2.45) is 0 Å². The summed E-state index contributed by atoms with van der Waals surface area (Å²) in [5.41, 5.74) is 1.36. The molecule has 0 fully saturated rings. The van der Waals surface area contributed by atoms with Crippen LogP contribution in [-0.4, -0.2) is 38.2 Å². The van der Waals surface area contributed by atoms with Gasteiger partial charge in [-0.15, -0.1) is 0 Å². The first-order valence-electron chi connectivity index (χ1n) is 10.1. The number of hydrogen-bond donors (Lipinski definition) is 2. The molecule has 1 atom stereocenters. The second-order valence-electron chi connectivity index (χ2n) is 7.43. The van der Waals surface area contributed by atoms with E-state index in [1.54, 1.807) is 29.1 Å². The van der Waals surface area contributed by atoms with Gasteiger partial charge in [0, 0.05) is 35.6 Å². The van der Waals surface area contributed by atoms with Gasteiger partial charge < -0.3 is 19.7 Å². The van der Waals surface area contributed by atoms with Gasteiger partial charge in [0.1, 0.15) is 29.1 Å². The van der Waals surface area contributed by atoms with Gasteiger partial charge in [-0.25, -0.2) is 18.4 Å². The maximum atomic E-state index is 14.4. The molecule has 2 N–H and O–H groups in total. The van der Waals surface area contributed by atoms with E-state index in [2.05, 4.69) is 15.4 Å². The highest BCUT2D eigenvalue weighted by Gasteiger charge is 2.22. The van der Waals surface area contributed by atoms with Gasteiger partial charge in [-0.2, -0.15) is 5.10 Å². The summed E-state index contributed by atoms with van der Waals surface area (Å²) in [6.45, 7) is 1.21. The van der Waals surface area contributed by atoms with Crippen molar-refractivity contribution in [2.75, 3.05) is 19.0 Å².